The fourth-order valence-corrected chi connectivity index (χ4v) is 2.62. The first-order valence-corrected chi connectivity index (χ1v) is 6.87. The highest BCUT2D eigenvalue weighted by molar-refractivity contribution is 6.01. The second-order valence-corrected chi connectivity index (χ2v) is 5.21. The molecule has 0 radical (unpaired) electrons. The number of Topliss-reactive ketones (excluding diaryl/α,β-unsaturated/α-hetero) is 1. The molecule has 1 heterocycles. The van der Waals surface area contributed by atoms with Crippen molar-refractivity contribution in [2.75, 3.05) is 5.73 Å². The number of ketones is 1. The van der Waals surface area contributed by atoms with E-state index in [2.05, 4.69) is 5.10 Å². The van der Waals surface area contributed by atoms with Gasteiger partial charge in [0.1, 0.15) is 0 Å². The highest BCUT2D eigenvalue weighted by Crippen LogP contribution is 2.21. The smallest absolute Gasteiger partial charge is 0.169 e. The van der Waals surface area contributed by atoms with Crippen LogP contribution in [-0.2, 0) is 13.5 Å². The zero-order chi connectivity index (χ0) is 15.0. The molecule has 3 rings (SSSR count). The Kier molecular flexibility index (Phi) is 3.22. The van der Waals surface area contributed by atoms with Crippen LogP contribution in [0.15, 0.2) is 42.5 Å². The van der Waals surface area contributed by atoms with Crippen LogP contribution >= 0.6 is 0 Å². The van der Waals surface area contributed by atoms with Crippen molar-refractivity contribution in [2.45, 2.75) is 13.3 Å². The second kappa shape index (κ2) is 5.05. The van der Waals surface area contributed by atoms with Crippen molar-refractivity contribution >= 4 is 22.4 Å². The van der Waals surface area contributed by atoms with E-state index in [9.17, 15) is 4.79 Å². The van der Waals surface area contributed by atoms with Gasteiger partial charge in [-0.25, -0.2) is 0 Å². The van der Waals surface area contributed by atoms with E-state index in [0.717, 1.165) is 22.2 Å². The van der Waals surface area contributed by atoms with Gasteiger partial charge in [0, 0.05) is 23.7 Å². The Bertz CT molecular complexity index is 833. The molecule has 0 saturated heterocycles. The molecule has 0 aliphatic rings. The number of carbonyl (C=O) groups is 1. The Morgan fingerprint density at radius 3 is 2.76 bits per heavy atom. The van der Waals surface area contributed by atoms with Crippen LogP contribution in [-0.4, -0.2) is 15.6 Å². The van der Waals surface area contributed by atoms with Crippen LogP contribution < -0.4 is 5.73 Å². The van der Waals surface area contributed by atoms with Crippen molar-refractivity contribution in [3.05, 3.63) is 59.3 Å². The Labute approximate surface area is 123 Å². The molecule has 0 spiro atoms. The van der Waals surface area contributed by atoms with E-state index in [1.165, 1.54) is 0 Å². The molecule has 0 saturated carbocycles. The van der Waals surface area contributed by atoms with E-state index >= 15 is 0 Å². The summed E-state index contributed by atoms with van der Waals surface area (Å²) in [5.74, 6) is 0.0450. The number of rotatable bonds is 3. The minimum absolute atomic E-state index is 0.0450. The molecule has 21 heavy (non-hydrogen) atoms. The van der Waals surface area contributed by atoms with Crippen LogP contribution in [0.2, 0.25) is 0 Å². The minimum Gasteiger partial charge on any atom is -0.398 e. The molecule has 2 N–H and O–H groups in total. The highest BCUT2D eigenvalue weighted by atomic mass is 16.1. The van der Waals surface area contributed by atoms with Gasteiger partial charge in [0.25, 0.3) is 0 Å². The van der Waals surface area contributed by atoms with Gasteiger partial charge in [-0.15, -0.1) is 0 Å². The first-order valence-electron chi connectivity index (χ1n) is 6.87. The van der Waals surface area contributed by atoms with E-state index in [1.54, 1.807) is 0 Å². The fourth-order valence-electron chi connectivity index (χ4n) is 2.62. The van der Waals surface area contributed by atoms with E-state index in [0.29, 0.717) is 11.3 Å². The lowest BCUT2D eigenvalue weighted by atomic mass is 9.99. The minimum atomic E-state index is 0.0450. The topological polar surface area (TPSA) is 60.9 Å². The first kappa shape index (κ1) is 13.4. The number of nitrogens with two attached hydrogens (primary N) is 1. The zero-order valence-corrected chi connectivity index (χ0v) is 12.1. The molecule has 3 aromatic rings. The number of aryl methyl sites for hydroxylation is 1. The molecule has 0 amide bonds. The lowest BCUT2D eigenvalue weighted by Gasteiger charge is -2.06. The number of nitrogens with zero attached hydrogens (tertiary/aromatic N) is 2. The third kappa shape index (κ3) is 2.29. The number of hydrogen-bond acceptors (Lipinski definition) is 3. The van der Waals surface area contributed by atoms with Gasteiger partial charge in [0.05, 0.1) is 17.6 Å². The van der Waals surface area contributed by atoms with Crippen LogP contribution in [0, 0.1) is 6.92 Å². The summed E-state index contributed by atoms with van der Waals surface area (Å²) >= 11 is 0. The van der Waals surface area contributed by atoms with Crippen LogP contribution in [0.1, 0.15) is 21.6 Å². The summed E-state index contributed by atoms with van der Waals surface area (Å²) in [6.07, 6.45) is 0.283. The molecule has 0 fully saturated rings. The maximum atomic E-state index is 12.5. The van der Waals surface area contributed by atoms with E-state index in [1.807, 2.05) is 61.1 Å². The lowest BCUT2D eigenvalue weighted by molar-refractivity contribution is 0.0991. The molecule has 2 aromatic carbocycles. The average molecular weight is 279 g/mol. The lowest BCUT2D eigenvalue weighted by Crippen LogP contribution is -2.08. The van der Waals surface area contributed by atoms with Crippen LogP contribution in [0.25, 0.3) is 10.9 Å². The van der Waals surface area contributed by atoms with Gasteiger partial charge in [0.2, 0.25) is 0 Å². The van der Waals surface area contributed by atoms with Gasteiger partial charge in [-0.1, -0.05) is 30.3 Å². The van der Waals surface area contributed by atoms with Crippen molar-refractivity contribution in [3.8, 4) is 0 Å². The van der Waals surface area contributed by atoms with Crippen molar-refractivity contribution in [3.63, 3.8) is 0 Å². The number of fused-ring (bicyclic) bond motifs is 1. The van der Waals surface area contributed by atoms with Crippen molar-refractivity contribution < 1.29 is 4.79 Å². The first-order chi connectivity index (χ1) is 10.1. The molecule has 0 aliphatic carbocycles. The third-order valence-electron chi connectivity index (χ3n) is 3.84. The Morgan fingerprint density at radius 1 is 1.19 bits per heavy atom. The predicted molar refractivity (Wildman–Crippen MR) is 84.3 cm³/mol. The molecule has 0 bridgehead atoms. The average Bonchev–Trinajstić information content (AvgIpc) is 2.79. The Balaban J connectivity index is 1.99. The summed E-state index contributed by atoms with van der Waals surface area (Å²) in [5, 5.41) is 5.49. The molecule has 0 atom stereocenters. The van der Waals surface area contributed by atoms with Crippen LogP contribution in [0.3, 0.4) is 0 Å². The Morgan fingerprint density at radius 2 is 1.95 bits per heavy atom. The van der Waals surface area contributed by atoms with Crippen molar-refractivity contribution in [1.29, 1.82) is 0 Å². The monoisotopic (exact) mass is 279 g/mol. The van der Waals surface area contributed by atoms with Crippen LogP contribution in [0.5, 0.6) is 0 Å². The van der Waals surface area contributed by atoms with Gasteiger partial charge >= 0.3 is 0 Å². The molecule has 0 unspecified atom stereocenters. The van der Waals surface area contributed by atoms with Gasteiger partial charge in [-0.3, -0.25) is 9.48 Å². The second-order valence-electron chi connectivity index (χ2n) is 5.21. The van der Waals surface area contributed by atoms with Crippen molar-refractivity contribution in [1.82, 2.24) is 9.78 Å². The summed E-state index contributed by atoms with van der Waals surface area (Å²) in [6, 6.07) is 13.4. The molecule has 0 aliphatic heterocycles. The molecule has 106 valence electrons. The summed E-state index contributed by atoms with van der Waals surface area (Å²) < 4.78 is 1.81. The van der Waals surface area contributed by atoms with Gasteiger partial charge < -0.3 is 5.73 Å². The maximum Gasteiger partial charge on any atom is 0.169 e. The molecule has 4 nitrogen and oxygen atoms in total. The summed E-state index contributed by atoms with van der Waals surface area (Å²) in [4.78, 5) is 12.5. The van der Waals surface area contributed by atoms with Gasteiger partial charge in [-0.05, 0) is 24.6 Å². The normalized spacial score (nSPS) is 11.0. The van der Waals surface area contributed by atoms with Gasteiger partial charge in [-0.2, -0.15) is 5.10 Å². The summed E-state index contributed by atoms with van der Waals surface area (Å²) in [6.45, 7) is 1.87. The number of anilines is 1. The molecular weight excluding hydrogens is 262 g/mol. The molecule has 1 aromatic heterocycles. The van der Waals surface area contributed by atoms with Crippen molar-refractivity contribution in [2.24, 2.45) is 7.05 Å². The number of para-hydroxylation sites is 1. The SMILES string of the molecule is Cc1c(N)cccc1C(=O)Cc1nn(C)c2ccccc12. The number of hydrogen-bond donors (Lipinski definition) is 1. The zero-order valence-electron chi connectivity index (χ0n) is 12.1. The fraction of sp³-hybridized carbons (Fsp3) is 0.176. The Hall–Kier alpha value is -2.62. The molecule has 4 heteroatoms. The number of carbonyl (C=O) groups excluding carboxylic acids is 1. The standard InChI is InChI=1S/C17H17N3O/c1-11-12(7-5-8-14(11)18)17(21)10-15-13-6-3-4-9-16(13)20(2)19-15/h3-9H,10,18H2,1-2H3. The highest BCUT2D eigenvalue weighted by Gasteiger charge is 2.15. The third-order valence-corrected chi connectivity index (χ3v) is 3.84. The quantitative estimate of drug-likeness (QED) is 0.592. The number of aromatic nitrogens is 2. The van der Waals surface area contributed by atoms with E-state index < -0.39 is 0 Å². The van der Waals surface area contributed by atoms with Crippen LogP contribution in [0.4, 0.5) is 5.69 Å². The largest absolute Gasteiger partial charge is 0.398 e. The van der Waals surface area contributed by atoms with E-state index in [4.69, 9.17) is 5.73 Å². The molecular formula is C17H17N3O. The summed E-state index contributed by atoms with van der Waals surface area (Å²) in [7, 11) is 1.89. The predicted octanol–water partition coefficient (Wildman–Crippen LogP) is 2.89. The number of nitrogen functional groups attached to an aromatic ring is 1. The van der Waals surface area contributed by atoms with Gasteiger partial charge in [0.15, 0.2) is 5.78 Å². The van der Waals surface area contributed by atoms with E-state index in [-0.39, 0.29) is 12.2 Å². The maximum absolute atomic E-state index is 12.5. The number of benzene rings is 2. The summed E-state index contributed by atoms with van der Waals surface area (Å²) in [5.41, 5.74) is 9.86.